The van der Waals surface area contributed by atoms with Crippen molar-refractivity contribution in [3.05, 3.63) is 21.7 Å². The van der Waals surface area contributed by atoms with Crippen LogP contribution < -0.4 is 10.9 Å². The lowest BCUT2D eigenvalue weighted by Gasteiger charge is -2.39. The smallest absolute Gasteiger partial charge is 0.256 e. The number of anilines is 1. The maximum absolute atomic E-state index is 12.4. The Morgan fingerprint density at radius 2 is 2.29 bits per heavy atom. The molecule has 2 heterocycles. The Morgan fingerprint density at radius 1 is 1.43 bits per heavy atom. The van der Waals surface area contributed by atoms with Gasteiger partial charge in [0.15, 0.2) is 0 Å². The van der Waals surface area contributed by atoms with E-state index in [1.165, 1.54) is 6.42 Å². The predicted molar refractivity (Wildman–Crippen MR) is 82.6 cm³/mol. The summed E-state index contributed by atoms with van der Waals surface area (Å²) < 4.78 is 6.11. The summed E-state index contributed by atoms with van der Waals surface area (Å²) in [6.07, 6.45) is 6.01. The van der Waals surface area contributed by atoms with Crippen LogP contribution in [-0.4, -0.2) is 23.1 Å². The van der Waals surface area contributed by atoms with Crippen molar-refractivity contribution in [3.63, 3.8) is 0 Å². The third-order valence-electron chi connectivity index (χ3n) is 4.72. The summed E-state index contributed by atoms with van der Waals surface area (Å²) in [5.74, 6) is 2.07. The summed E-state index contributed by atoms with van der Waals surface area (Å²) in [6.45, 7) is 5.79. The number of hydrogen-bond donors (Lipinski definition) is 2. The predicted octanol–water partition coefficient (Wildman–Crippen LogP) is 2.57. The molecule has 0 radical (unpaired) electrons. The third-order valence-corrected chi connectivity index (χ3v) is 4.72. The highest BCUT2D eigenvalue weighted by atomic mass is 16.5. The van der Waals surface area contributed by atoms with Crippen molar-refractivity contribution in [1.29, 1.82) is 0 Å². The molecule has 1 fully saturated rings. The van der Waals surface area contributed by atoms with Gasteiger partial charge in [-0.15, -0.1) is 0 Å². The van der Waals surface area contributed by atoms with Crippen LogP contribution in [0.2, 0.25) is 0 Å². The van der Waals surface area contributed by atoms with Crippen molar-refractivity contribution in [1.82, 2.24) is 9.97 Å². The van der Waals surface area contributed by atoms with Crippen LogP contribution in [0.5, 0.6) is 0 Å². The van der Waals surface area contributed by atoms with Crippen molar-refractivity contribution in [2.45, 2.75) is 58.0 Å². The number of hydrogen-bond acceptors (Lipinski definition) is 4. The fourth-order valence-electron chi connectivity index (χ4n) is 3.76. The molecule has 1 aliphatic heterocycles. The quantitative estimate of drug-likeness (QED) is 0.898. The number of ether oxygens (including phenoxy) is 1. The highest BCUT2D eigenvalue weighted by Crippen LogP contribution is 2.41. The number of rotatable bonds is 3. The monoisotopic (exact) mass is 291 g/mol. The van der Waals surface area contributed by atoms with Gasteiger partial charge in [0.2, 0.25) is 0 Å². The Labute approximate surface area is 125 Å². The van der Waals surface area contributed by atoms with Crippen molar-refractivity contribution in [3.8, 4) is 0 Å². The van der Waals surface area contributed by atoms with Gasteiger partial charge in [-0.25, -0.2) is 4.98 Å². The molecule has 0 aromatic carbocycles. The standard InChI is InChI=1S/C16H25N3O2/c1-3-21-16(8-4-6-11(2)10-16)15-18-13-12(14(20)19-15)7-5-9-17-13/h11H,3-10H2,1-2H3,(H2,17,18,19,20). The van der Waals surface area contributed by atoms with Crippen molar-refractivity contribution in [2.75, 3.05) is 18.5 Å². The summed E-state index contributed by atoms with van der Waals surface area (Å²) >= 11 is 0. The molecule has 2 N–H and O–H groups in total. The summed E-state index contributed by atoms with van der Waals surface area (Å²) in [5, 5.41) is 3.27. The van der Waals surface area contributed by atoms with Crippen molar-refractivity contribution >= 4 is 5.82 Å². The average Bonchev–Trinajstić information content (AvgIpc) is 2.47. The van der Waals surface area contributed by atoms with Gasteiger partial charge >= 0.3 is 0 Å². The maximum atomic E-state index is 12.4. The van der Waals surface area contributed by atoms with Crippen LogP contribution in [0.15, 0.2) is 4.79 Å². The van der Waals surface area contributed by atoms with Crippen LogP contribution in [0.1, 0.15) is 57.3 Å². The van der Waals surface area contributed by atoms with Crippen LogP contribution in [0.4, 0.5) is 5.82 Å². The molecule has 1 aromatic rings. The molecule has 5 heteroatoms. The van der Waals surface area contributed by atoms with Crippen LogP contribution in [0.25, 0.3) is 0 Å². The van der Waals surface area contributed by atoms with Gasteiger partial charge in [-0.1, -0.05) is 13.3 Å². The summed E-state index contributed by atoms with van der Waals surface area (Å²) in [4.78, 5) is 20.1. The van der Waals surface area contributed by atoms with E-state index in [4.69, 9.17) is 9.72 Å². The van der Waals surface area contributed by atoms with Crippen LogP contribution in [0, 0.1) is 5.92 Å². The molecule has 2 atom stereocenters. The first-order chi connectivity index (χ1) is 10.1. The van der Waals surface area contributed by atoms with Crippen molar-refractivity contribution < 1.29 is 4.74 Å². The molecule has 0 amide bonds. The molecule has 0 bridgehead atoms. The van der Waals surface area contributed by atoms with Gasteiger partial charge in [0.25, 0.3) is 5.56 Å². The number of aromatic amines is 1. The number of H-pyrrole nitrogens is 1. The Morgan fingerprint density at radius 3 is 3.05 bits per heavy atom. The van der Waals surface area contributed by atoms with Crippen LogP contribution >= 0.6 is 0 Å². The van der Waals surface area contributed by atoms with E-state index in [1.807, 2.05) is 6.92 Å². The van der Waals surface area contributed by atoms with Gasteiger partial charge in [0.05, 0.1) is 5.56 Å². The van der Waals surface area contributed by atoms with Gasteiger partial charge in [0, 0.05) is 13.2 Å². The molecule has 21 heavy (non-hydrogen) atoms. The molecular weight excluding hydrogens is 266 g/mol. The second-order valence-electron chi connectivity index (χ2n) is 6.40. The van der Waals surface area contributed by atoms with E-state index < -0.39 is 5.60 Å². The number of aromatic nitrogens is 2. The van der Waals surface area contributed by atoms with Gasteiger partial charge in [-0.2, -0.15) is 0 Å². The van der Waals surface area contributed by atoms with E-state index in [1.54, 1.807) is 0 Å². The lowest BCUT2D eigenvalue weighted by Crippen LogP contribution is -2.39. The van der Waals surface area contributed by atoms with E-state index >= 15 is 0 Å². The molecule has 0 spiro atoms. The molecule has 1 aromatic heterocycles. The maximum Gasteiger partial charge on any atom is 0.256 e. The zero-order chi connectivity index (χ0) is 14.9. The molecule has 2 aliphatic rings. The normalized spacial score (nSPS) is 28.8. The van der Waals surface area contributed by atoms with E-state index in [2.05, 4.69) is 17.2 Å². The number of fused-ring (bicyclic) bond motifs is 1. The van der Waals surface area contributed by atoms with Gasteiger partial charge in [-0.05, 0) is 44.9 Å². The highest BCUT2D eigenvalue weighted by Gasteiger charge is 2.40. The Hall–Kier alpha value is -1.36. The third kappa shape index (κ3) is 2.71. The Kier molecular flexibility index (Phi) is 4.02. The minimum atomic E-state index is -0.417. The lowest BCUT2D eigenvalue weighted by molar-refractivity contribution is -0.0881. The zero-order valence-corrected chi connectivity index (χ0v) is 13.0. The minimum absolute atomic E-state index is 0.000459. The molecule has 116 valence electrons. The average molecular weight is 291 g/mol. The fraction of sp³-hybridized carbons (Fsp3) is 0.750. The van der Waals surface area contributed by atoms with Gasteiger partial charge in [-0.3, -0.25) is 4.79 Å². The topological polar surface area (TPSA) is 67.0 Å². The van der Waals surface area contributed by atoms with E-state index in [0.29, 0.717) is 18.3 Å². The first-order valence-electron chi connectivity index (χ1n) is 8.16. The van der Waals surface area contributed by atoms with Gasteiger partial charge < -0.3 is 15.0 Å². The number of nitrogens with one attached hydrogen (secondary N) is 2. The summed E-state index contributed by atoms with van der Waals surface area (Å²) in [5.41, 5.74) is 0.375. The Bertz CT molecular complexity index is 565. The number of nitrogens with zero attached hydrogens (tertiary/aromatic N) is 1. The second-order valence-corrected chi connectivity index (χ2v) is 6.40. The molecule has 2 unspecified atom stereocenters. The lowest BCUT2D eigenvalue weighted by atomic mass is 9.78. The second kappa shape index (κ2) is 5.79. The van der Waals surface area contributed by atoms with Crippen molar-refractivity contribution in [2.24, 2.45) is 5.92 Å². The van der Waals surface area contributed by atoms with E-state index in [9.17, 15) is 4.79 Å². The largest absolute Gasteiger partial charge is 0.370 e. The molecular formula is C16H25N3O2. The molecule has 1 aliphatic carbocycles. The van der Waals surface area contributed by atoms with Gasteiger partial charge in [0.1, 0.15) is 17.2 Å². The molecule has 1 saturated carbocycles. The molecule has 3 rings (SSSR count). The first kappa shape index (κ1) is 14.6. The summed E-state index contributed by atoms with van der Waals surface area (Å²) in [7, 11) is 0. The van der Waals surface area contributed by atoms with E-state index in [-0.39, 0.29) is 5.56 Å². The Balaban J connectivity index is 2.03. The highest BCUT2D eigenvalue weighted by molar-refractivity contribution is 5.45. The summed E-state index contributed by atoms with van der Waals surface area (Å²) in [6, 6.07) is 0. The van der Waals surface area contributed by atoms with E-state index in [0.717, 1.165) is 50.0 Å². The minimum Gasteiger partial charge on any atom is -0.370 e. The van der Waals surface area contributed by atoms with Crippen LogP contribution in [-0.2, 0) is 16.8 Å². The fourth-order valence-corrected chi connectivity index (χ4v) is 3.76. The first-order valence-corrected chi connectivity index (χ1v) is 8.16. The zero-order valence-electron chi connectivity index (χ0n) is 13.0. The molecule has 0 saturated heterocycles. The molecule has 5 nitrogen and oxygen atoms in total. The van der Waals surface area contributed by atoms with Crippen LogP contribution in [0.3, 0.4) is 0 Å². The SMILES string of the molecule is CCOC1(c2nc3c(c(=O)[nH]2)CCCN3)CCCC(C)C1.